The predicted octanol–water partition coefficient (Wildman–Crippen LogP) is 0.140. The Bertz CT molecular complexity index is 786. The molecule has 3 rings (SSSR count). The van der Waals surface area contributed by atoms with Crippen LogP contribution in [0.15, 0.2) is 24.7 Å². The molecule has 118 valence electrons. The molecule has 1 aliphatic heterocycles. The Hall–Kier alpha value is -1.97. The van der Waals surface area contributed by atoms with Crippen LogP contribution in [-0.4, -0.2) is 41.5 Å². The van der Waals surface area contributed by atoms with Gasteiger partial charge in [-0.05, 0) is 32.0 Å². The van der Waals surface area contributed by atoms with Crippen molar-refractivity contribution in [1.29, 1.82) is 0 Å². The molecule has 0 spiro atoms. The number of hydrogen-bond donors (Lipinski definition) is 2. The number of aldehydes is 1. The molecule has 0 radical (unpaired) electrons. The van der Waals surface area contributed by atoms with Gasteiger partial charge in [0.15, 0.2) is 6.29 Å². The van der Waals surface area contributed by atoms with Crippen molar-refractivity contribution in [3.8, 4) is 11.1 Å². The molecule has 8 nitrogen and oxygen atoms in total. The first-order valence-corrected chi connectivity index (χ1v) is 8.46. The van der Waals surface area contributed by atoms with Crippen molar-refractivity contribution in [2.24, 2.45) is 5.14 Å². The average molecular weight is 323 g/mol. The van der Waals surface area contributed by atoms with Crippen molar-refractivity contribution < 1.29 is 13.2 Å². The van der Waals surface area contributed by atoms with Crippen LogP contribution in [0.5, 0.6) is 0 Å². The van der Waals surface area contributed by atoms with E-state index in [0.717, 1.165) is 29.9 Å². The highest BCUT2D eigenvalue weighted by molar-refractivity contribution is 7.87. The van der Waals surface area contributed by atoms with Gasteiger partial charge < -0.3 is 5.32 Å². The van der Waals surface area contributed by atoms with Gasteiger partial charge in [-0.1, -0.05) is 0 Å². The molecular formula is C13H17N5O3S. The molecule has 0 bridgehead atoms. The Kier molecular flexibility index (Phi) is 3.85. The highest BCUT2D eigenvalue weighted by Gasteiger charge is 2.20. The predicted molar refractivity (Wildman–Crippen MR) is 80.7 cm³/mol. The zero-order valence-electron chi connectivity index (χ0n) is 11.8. The number of piperidine rings is 1. The van der Waals surface area contributed by atoms with Crippen molar-refractivity contribution in [1.82, 2.24) is 19.1 Å². The van der Waals surface area contributed by atoms with E-state index < -0.39 is 10.2 Å². The van der Waals surface area contributed by atoms with Gasteiger partial charge in [-0.2, -0.15) is 13.5 Å². The molecule has 22 heavy (non-hydrogen) atoms. The second-order valence-corrected chi connectivity index (χ2v) is 6.69. The van der Waals surface area contributed by atoms with Crippen molar-refractivity contribution in [3.63, 3.8) is 0 Å². The molecule has 1 saturated heterocycles. The fourth-order valence-electron chi connectivity index (χ4n) is 2.76. The molecule has 2 aromatic heterocycles. The molecule has 0 unspecified atom stereocenters. The maximum absolute atomic E-state index is 11.5. The van der Waals surface area contributed by atoms with E-state index in [9.17, 15) is 13.2 Å². The van der Waals surface area contributed by atoms with E-state index in [0.29, 0.717) is 23.5 Å². The van der Waals surface area contributed by atoms with Crippen LogP contribution in [0.2, 0.25) is 0 Å². The Balaban J connectivity index is 1.97. The van der Waals surface area contributed by atoms with Crippen molar-refractivity contribution >= 4 is 16.5 Å². The van der Waals surface area contributed by atoms with E-state index in [1.54, 1.807) is 12.3 Å². The van der Waals surface area contributed by atoms with Crippen LogP contribution >= 0.6 is 0 Å². The minimum Gasteiger partial charge on any atom is -0.317 e. The van der Waals surface area contributed by atoms with Gasteiger partial charge in [-0.25, -0.2) is 9.11 Å². The van der Waals surface area contributed by atoms with Gasteiger partial charge in [-0.3, -0.25) is 9.48 Å². The normalized spacial score (nSPS) is 16.8. The highest BCUT2D eigenvalue weighted by Crippen LogP contribution is 2.26. The highest BCUT2D eigenvalue weighted by atomic mass is 32.2. The summed E-state index contributed by atoms with van der Waals surface area (Å²) in [6, 6.07) is 1.87. The zero-order chi connectivity index (χ0) is 15.7. The lowest BCUT2D eigenvalue weighted by Crippen LogP contribution is -2.29. The molecule has 9 heteroatoms. The summed E-state index contributed by atoms with van der Waals surface area (Å²) in [4.78, 5) is 11.3. The number of nitrogens with zero attached hydrogens (tertiary/aromatic N) is 3. The van der Waals surface area contributed by atoms with Gasteiger partial charge in [0.1, 0.15) is 5.69 Å². The number of nitrogens with two attached hydrogens (primary N) is 1. The molecule has 1 fully saturated rings. The zero-order valence-corrected chi connectivity index (χ0v) is 12.7. The minimum absolute atomic E-state index is 0.00682. The van der Waals surface area contributed by atoms with Crippen LogP contribution in [0, 0.1) is 0 Å². The van der Waals surface area contributed by atoms with Gasteiger partial charge in [0.25, 0.3) is 0 Å². The molecule has 1 aliphatic rings. The molecule has 0 aliphatic carbocycles. The molecule has 3 heterocycles. The van der Waals surface area contributed by atoms with E-state index in [1.165, 1.54) is 6.20 Å². The lowest BCUT2D eigenvalue weighted by Gasteiger charge is -2.22. The van der Waals surface area contributed by atoms with Crippen LogP contribution < -0.4 is 10.5 Å². The second-order valence-electron chi connectivity index (χ2n) is 5.26. The Morgan fingerprint density at radius 1 is 1.36 bits per heavy atom. The molecule has 0 saturated carbocycles. The summed E-state index contributed by atoms with van der Waals surface area (Å²) in [5.74, 6) is 0. The minimum atomic E-state index is -4.00. The molecule has 3 N–H and O–H groups in total. The van der Waals surface area contributed by atoms with Crippen molar-refractivity contribution in [2.75, 3.05) is 13.1 Å². The summed E-state index contributed by atoms with van der Waals surface area (Å²) in [6.07, 6.45) is 7.21. The lowest BCUT2D eigenvalue weighted by molar-refractivity contribution is 0.111. The maximum atomic E-state index is 11.5. The third kappa shape index (κ3) is 2.70. The standard InChI is InChI=1S/C13H17N5O3S/c14-22(20,21)18-6-3-12(13(18)9-19)10-7-16-17(8-10)11-1-4-15-5-2-11/h3,6-9,11,15H,1-2,4-5H2,(H2,14,20,21). The number of hydrogen-bond acceptors (Lipinski definition) is 5. The number of aromatic nitrogens is 3. The van der Waals surface area contributed by atoms with E-state index >= 15 is 0 Å². The first-order chi connectivity index (χ1) is 10.5. The SMILES string of the molecule is NS(=O)(=O)n1ccc(-c2cnn(C3CCNCC3)c2)c1C=O. The van der Waals surface area contributed by atoms with E-state index in [-0.39, 0.29) is 5.69 Å². The molecule has 0 amide bonds. The summed E-state index contributed by atoms with van der Waals surface area (Å²) in [6.45, 7) is 1.89. The summed E-state index contributed by atoms with van der Waals surface area (Å²) in [7, 11) is -4.00. The van der Waals surface area contributed by atoms with Crippen LogP contribution in [-0.2, 0) is 10.2 Å². The van der Waals surface area contributed by atoms with Crippen LogP contribution in [0.25, 0.3) is 11.1 Å². The van der Waals surface area contributed by atoms with Crippen LogP contribution in [0.1, 0.15) is 29.4 Å². The average Bonchev–Trinajstić information content (AvgIpc) is 3.13. The Labute approximate surface area is 128 Å². The fourth-order valence-corrected chi connectivity index (χ4v) is 3.40. The molecule has 0 aromatic carbocycles. The van der Waals surface area contributed by atoms with E-state index in [4.69, 9.17) is 5.14 Å². The Morgan fingerprint density at radius 3 is 2.73 bits per heavy atom. The topological polar surface area (TPSA) is 112 Å². The quantitative estimate of drug-likeness (QED) is 0.777. The van der Waals surface area contributed by atoms with E-state index in [1.807, 2.05) is 10.9 Å². The largest absolute Gasteiger partial charge is 0.317 e. The van der Waals surface area contributed by atoms with Gasteiger partial charge in [-0.15, -0.1) is 0 Å². The monoisotopic (exact) mass is 323 g/mol. The summed E-state index contributed by atoms with van der Waals surface area (Å²) >= 11 is 0. The fraction of sp³-hybridized carbons (Fsp3) is 0.385. The number of nitrogens with one attached hydrogen (secondary N) is 1. The maximum Gasteiger partial charge on any atom is 0.302 e. The second kappa shape index (κ2) is 5.67. The summed E-state index contributed by atoms with van der Waals surface area (Å²) in [5, 5.41) is 12.7. The third-order valence-corrected chi connectivity index (χ3v) is 4.74. The molecule has 2 aromatic rings. The lowest BCUT2D eigenvalue weighted by atomic mass is 10.1. The first kappa shape index (κ1) is 14.9. The third-order valence-electron chi connectivity index (χ3n) is 3.87. The number of carbonyl (C=O) groups excluding carboxylic acids is 1. The van der Waals surface area contributed by atoms with Crippen molar-refractivity contribution in [3.05, 3.63) is 30.4 Å². The summed E-state index contributed by atoms with van der Waals surface area (Å²) in [5.41, 5.74) is 1.21. The van der Waals surface area contributed by atoms with Gasteiger partial charge in [0, 0.05) is 23.5 Å². The van der Waals surface area contributed by atoms with Gasteiger partial charge in [0.2, 0.25) is 0 Å². The van der Waals surface area contributed by atoms with Gasteiger partial charge in [0.05, 0.1) is 12.2 Å². The van der Waals surface area contributed by atoms with Gasteiger partial charge >= 0.3 is 10.2 Å². The Morgan fingerprint density at radius 2 is 2.09 bits per heavy atom. The number of rotatable bonds is 4. The van der Waals surface area contributed by atoms with Crippen LogP contribution in [0.3, 0.4) is 0 Å². The molecular weight excluding hydrogens is 306 g/mol. The van der Waals surface area contributed by atoms with E-state index in [2.05, 4.69) is 10.4 Å². The summed E-state index contributed by atoms with van der Waals surface area (Å²) < 4.78 is 25.6. The first-order valence-electron chi connectivity index (χ1n) is 6.96. The smallest absolute Gasteiger partial charge is 0.302 e. The van der Waals surface area contributed by atoms with Crippen LogP contribution in [0.4, 0.5) is 0 Å². The number of carbonyl (C=O) groups is 1. The molecule has 0 atom stereocenters. The van der Waals surface area contributed by atoms with Crippen molar-refractivity contribution in [2.45, 2.75) is 18.9 Å².